The molecule has 0 fully saturated rings. The van der Waals surface area contributed by atoms with Crippen molar-refractivity contribution in [2.75, 3.05) is 13.1 Å². The van der Waals surface area contributed by atoms with E-state index in [1.807, 2.05) is 50.4 Å². The van der Waals surface area contributed by atoms with Crippen LogP contribution >= 0.6 is 24.0 Å². The van der Waals surface area contributed by atoms with E-state index in [0.717, 1.165) is 42.5 Å². The molecule has 0 unspecified atom stereocenters. The van der Waals surface area contributed by atoms with Crippen LogP contribution in [-0.2, 0) is 13.0 Å². The highest BCUT2D eigenvalue weighted by Crippen LogP contribution is 2.14. The Balaban J connectivity index is 0.00000338. The molecule has 1 aromatic heterocycles. The molecule has 0 aliphatic heterocycles. The summed E-state index contributed by atoms with van der Waals surface area (Å²) in [4.78, 5) is 8.97. The predicted molar refractivity (Wildman–Crippen MR) is 118 cm³/mol. The summed E-state index contributed by atoms with van der Waals surface area (Å²) in [6.45, 7) is 8.37. The summed E-state index contributed by atoms with van der Waals surface area (Å²) in [6, 6.07) is 14.1. The van der Waals surface area contributed by atoms with Gasteiger partial charge in [-0.15, -0.1) is 24.0 Å². The van der Waals surface area contributed by atoms with Crippen molar-refractivity contribution in [2.24, 2.45) is 4.99 Å². The Labute approximate surface area is 173 Å². The van der Waals surface area contributed by atoms with Crippen LogP contribution in [0.2, 0.25) is 0 Å². The lowest BCUT2D eigenvalue weighted by molar-refractivity contribution is 0.242. The zero-order valence-corrected chi connectivity index (χ0v) is 18.1. The summed E-state index contributed by atoms with van der Waals surface area (Å²) in [5.74, 6) is 1.71. The highest BCUT2D eigenvalue weighted by Gasteiger charge is 2.00. The first kappa shape index (κ1) is 22.2. The minimum absolute atomic E-state index is 0. The summed E-state index contributed by atoms with van der Waals surface area (Å²) in [5.41, 5.74) is 2.23. The minimum atomic E-state index is 0. The van der Waals surface area contributed by atoms with Crippen LogP contribution in [0.3, 0.4) is 0 Å². The predicted octanol–water partition coefficient (Wildman–Crippen LogP) is 3.78. The van der Waals surface area contributed by atoms with Crippen LogP contribution < -0.4 is 15.4 Å². The number of halogens is 1. The van der Waals surface area contributed by atoms with Gasteiger partial charge in [0.2, 0.25) is 0 Å². The van der Waals surface area contributed by atoms with Gasteiger partial charge < -0.3 is 15.4 Å². The van der Waals surface area contributed by atoms with Crippen molar-refractivity contribution >= 4 is 29.9 Å². The van der Waals surface area contributed by atoms with E-state index in [2.05, 4.69) is 39.7 Å². The fraction of sp³-hybridized carbons (Fsp3) is 0.400. The second-order valence-electron chi connectivity index (χ2n) is 6.00. The molecule has 0 radical (unpaired) electrons. The van der Waals surface area contributed by atoms with Crippen LogP contribution in [0.1, 0.15) is 32.0 Å². The molecule has 0 saturated carbocycles. The Morgan fingerprint density at radius 3 is 2.50 bits per heavy atom. The smallest absolute Gasteiger partial charge is 0.191 e. The highest BCUT2D eigenvalue weighted by molar-refractivity contribution is 14.0. The molecule has 0 atom stereocenters. The average Bonchev–Trinajstić information content (AvgIpc) is 2.61. The van der Waals surface area contributed by atoms with E-state index in [1.165, 1.54) is 0 Å². The van der Waals surface area contributed by atoms with Gasteiger partial charge in [0, 0.05) is 31.4 Å². The molecule has 2 aromatic rings. The molecule has 26 heavy (non-hydrogen) atoms. The van der Waals surface area contributed by atoms with Crippen molar-refractivity contribution < 1.29 is 4.74 Å². The Hall–Kier alpha value is -1.83. The Bertz CT molecular complexity index is 645. The second-order valence-corrected chi connectivity index (χ2v) is 6.00. The second kappa shape index (κ2) is 12.5. The van der Waals surface area contributed by atoms with Gasteiger partial charge in [0.05, 0.1) is 12.6 Å². The Morgan fingerprint density at radius 2 is 1.88 bits per heavy atom. The monoisotopic (exact) mass is 468 g/mol. The average molecular weight is 468 g/mol. The fourth-order valence-corrected chi connectivity index (χ4v) is 2.31. The largest absolute Gasteiger partial charge is 0.491 e. The zero-order valence-electron chi connectivity index (χ0n) is 15.7. The number of nitrogens with one attached hydrogen (secondary N) is 2. The number of benzene rings is 1. The molecular formula is C20H29IN4O. The van der Waals surface area contributed by atoms with E-state index >= 15 is 0 Å². The van der Waals surface area contributed by atoms with Gasteiger partial charge in [0.1, 0.15) is 5.75 Å². The lowest BCUT2D eigenvalue weighted by Gasteiger charge is -2.12. The van der Waals surface area contributed by atoms with E-state index < -0.39 is 0 Å². The molecule has 1 aromatic carbocycles. The molecular weight excluding hydrogens is 439 g/mol. The molecule has 1 heterocycles. The number of rotatable bonds is 8. The van der Waals surface area contributed by atoms with Crippen molar-refractivity contribution in [3.63, 3.8) is 0 Å². The third-order valence-electron chi connectivity index (χ3n) is 3.46. The van der Waals surface area contributed by atoms with E-state index in [0.29, 0.717) is 6.54 Å². The number of nitrogens with zero attached hydrogens (tertiary/aromatic N) is 2. The number of hydrogen-bond donors (Lipinski definition) is 2. The zero-order chi connectivity index (χ0) is 17.9. The van der Waals surface area contributed by atoms with Crippen LogP contribution in [0.25, 0.3) is 0 Å². The fourth-order valence-electron chi connectivity index (χ4n) is 2.31. The standard InChI is InChI=1S/C20H28N4O.HI/c1-4-21-20(23-14-12-18-7-5-6-13-22-18)24-15-17-8-10-19(11-9-17)25-16(2)3;/h5-11,13,16H,4,12,14-15H2,1-3H3,(H2,21,23,24);1H. The molecule has 0 aliphatic carbocycles. The molecule has 2 rings (SSSR count). The first-order valence-electron chi connectivity index (χ1n) is 8.85. The molecule has 0 spiro atoms. The van der Waals surface area contributed by atoms with Gasteiger partial charge in [-0.2, -0.15) is 0 Å². The lowest BCUT2D eigenvalue weighted by Crippen LogP contribution is -2.38. The molecule has 5 nitrogen and oxygen atoms in total. The molecule has 2 N–H and O–H groups in total. The van der Waals surface area contributed by atoms with Crippen LogP contribution in [0.4, 0.5) is 0 Å². The maximum atomic E-state index is 5.66. The molecule has 0 saturated heterocycles. The summed E-state index contributed by atoms with van der Waals surface area (Å²) in [7, 11) is 0. The maximum Gasteiger partial charge on any atom is 0.191 e. The van der Waals surface area contributed by atoms with E-state index in [4.69, 9.17) is 4.74 Å². The van der Waals surface area contributed by atoms with Gasteiger partial charge in [-0.05, 0) is 50.6 Å². The number of guanidine groups is 1. The number of pyridine rings is 1. The lowest BCUT2D eigenvalue weighted by atomic mass is 10.2. The van der Waals surface area contributed by atoms with Crippen LogP contribution in [-0.4, -0.2) is 30.1 Å². The van der Waals surface area contributed by atoms with Crippen molar-refractivity contribution in [3.05, 3.63) is 59.9 Å². The van der Waals surface area contributed by atoms with E-state index in [-0.39, 0.29) is 30.1 Å². The quantitative estimate of drug-likeness (QED) is 0.352. The third kappa shape index (κ3) is 8.51. The topological polar surface area (TPSA) is 58.5 Å². The van der Waals surface area contributed by atoms with Gasteiger partial charge in [-0.1, -0.05) is 18.2 Å². The highest BCUT2D eigenvalue weighted by atomic mass is 127. The molecule has 0 amide bonds. The molecule has 142 valence electrons. The number of hydrogen-bond acceptors (Lipinski definition) is 3. The molecule has 0 aliphatic rings. The van der Waals surface area contributed by atoms with Gasteiger partial charge >= 0.3 is 0 Å². The number of aromatic nitrogens is 1. The van der Waals surface area contributed by atoms with Crippen LogP contribution in [0, 0.1) is 0 Å². The van der Waals surface area contributed by atoms with Crippen molar-refractivity contribution in [1.82, 2.24) is 15.6 Å². The normalized spacial score (nSPS) is 11.0. The summed E-state index contributed by atoms with van der Waals surface area (Å²) >= 11 is 0. The third-order valence-corrected chi connectivity index (χ3v) is 3.46. The number of aliphatic imine (C=N–C) groups is 1. The van der Waals surface area contributed by atoms with E-state index in [9.17, 15) is 0 Å². The maximum absolute atomic E-state index is 5.66. The van der Waals surface area contributed by atoms with E-state index in [1.54, 1.807) is 0 Å². The van der Waals surface area contributed by atoms with Crippen LogP contribution in [0.5, 0.6) is 5.75 Å². The SMILES string of the molecule is CCNC(=NCc1ccc(OC(C)C)cc1)NCCc1ccccn1.I. The summed E-state index contributed by atoms with van der Waals surface area (Å²) < 4.78 is 5.66. The van der Waals surface area contributed by atoms with Crippen molar-refractivity contribution in [1.29, 1.82) is 0 Å². The Morgan fingerprint density at radius 1 is 1.12 bits per heavy atom. The first-order chi connectivity index (χ1) is 12.2. The first-order valence-corrected chi connectivity index (χ1v) is 8.85. The van der Waals surface area contributed by atoms with Gasteiger partial charge in [-0.3, -0.25) is 4.98 Å². The van der Waals surface area contributed by atoms with Crippen molar-refractivity contribution in [3.8, 4) is 5.75 Å². The minimum Gasteiger partial charge on any atom is -0.491 e. The van der Waals surface area contributed by atoms with Crippen molar-refractivity contribution in [2.45, 2.75) is 39.8 Å². The van der Waals surface area contributed by atoms with Crippen LogP contribution in [0.15, 0.2) is 53.7 Å². The number of ether oxygens (including phenoxy) is 1. The molecule has 0 bridgehead atoms. The van der Waals surface area contributed by atoms with Gasteiger partial charge in [0.15, 0.2) is 5.96 Å². The summed E-state index contributed by atoms with van der Waals surface area (Å²) in [5, 5.41) is 6.62. The van der Waals surface area contributed by atoms with Gasteiger partial charge in [-0.25, -0.2) is 4.99 Å². The molecule has 6 heteroatoms. The summed E-state index contributed by atoms with van der Waals surface area (Å²) in [6.07, 6.45) is 2.88. The Kier molecular flexibility index (Phi) is 10.7. The van der Waals surface area contributed by atoms with Gasteiger partial charge in [0.25, 0.3) is 0 Å².